The highest BCUT2D eigenvalue weighted by molar-refractivity contribution is 5.37. The summed E-state index contributed by atoms with van der Waals surface area (Å²) in [6.45, 7) is 15.3. The van der Waals surface area contributed by atoms with Crippen LogP contribution in [-0.2, 0) is 0 Å². The maximum atomic E-state index is 2.67. The lowest BCUT2D eigenvalue weighted by molar-refractivity contribution is 0.247. The first-order chi connectivity index (χ1) is 10.8. The van der Waals surface area contributed by atoms with Gasteiger partial charge in [-0.05, 0) is 90.3 Å². The first kappa shape index (κ1) is 16.5. The van der Waals surface area contributed by atoms with Crippen LogP contribution in [0.1, 0.15) is 92.9 Å². The van der Waals surface area contributed by atoms with E-state index in [1.807, 2.05) is 0 Å². The van der Waals surface area contributed by atoms with Gasteiger partial charge in [0, 0.05) is 0 Å². The summed E-state index contributed by atoms with van der Waals surface area (Å²) in [5.74, 6) is 6.08. The van der Waals surface area contributed by atoms with Crippen molar-refractivity contribution >= 4 is 0 Å². The van der Waals surface area contributed by atoms with Gasteiger partial charge in [0.05, 0.1) is 0 Å². The molecule has 4 fully saturated rings. The van der Waals surface area contributed by atoms with Crippen LogP contribution in [0.5, 0.6) is 0 Å². The largest absolute Gasteiger partial charge is 0.0651 e. The molecular formula is C23H40. The molecule has 0 aromatic carbocycles. The lowest BCUT2D eigenvalue weighted by Crippen LogP contribution is -2.17. The molecule has 4 rings (SSSR count). The van der Waals surface area contributed by atoms with Crippen molar-refractivity contribution in [2.24, 2.45) is 51.8 Å². The Morgan fingerprint density at radius 2 is 1.87 bits per heavy atom. The normalized spacial score (nSPS) is 56.1. The van der Waals surface area contributed by atoms with Gasteiger partial charge in [-0.25, -0.2) is 0 Å². The number of rotatable bonds is 6. The molecule has 4 saturated carbocycles. The van der Waals surface area contributed by atoms with E-state index in [4.69, 9.17) is 0 Å². The third-order valence-electron chi connectivity index (χ3n) is 9.72. The minimum absolute atomic E-state index is 0.693. The van der Waals surface area contributed by atoms with Crippen molar-refractivity contribution in [1.29, 1.82) is 0 Å². The zero-order chi connectivity index (χ0) is 16.6. The summed E-state index contributed by atoms with van der Waals surface area (Å²) in [5, 5.41) is 0. The molecule has 0 heteroatoms. The maximum absolute atomic E-state index is 2.67. The van der Waals surface area contributed by atoms with E-state index < -0.39 is 0 Å². The second kappa shape index (κ2) is 5.01. The van der Waals surface area contributed by atoms with Crippen molar-refractivity contribution in [3.63, 3.8) is 0 Å². The lowest BCUT2D eigenvalue weighted by Gasteiger charge is -2.24. The first-order valence-electron chi connectivity index (χ1n) is 10.8. The molecule has 2 spiro atoms. The van der Waals surface area contributed by atoms with Crippen LogP contribution < -0.4 is 0 Å². The van der Waals surface area contributed by atoms with Crippen LogP contribution in [0.3, 0.4) is 0 Å². The second-order valence-corrected chi connectivity index (χ2v) is 10.9. The Balaban J connectivity index is 1.39. The van der Waals surface area contributed by atoms with Gasteiger partial charge < -0.3 is 0 Å². The molecule has 4 aliphatic carbocycles. The van der Waals surface area contributed by atoms with E-state index in [9.17, 15) is 0 Å². The monoisotopic (exact) mass is 316 g/mol. The van der Waals surface area contributed by atoms with Crippen LogP contribution in [0.4, 0.5) is 0 Å². The molecule has 0 aliphatic heterocycles. The molecule has 4 aliphatic rings. The molecule has 0 nitrogen and oxygen atoms in total. The van der Waals surface area contributed by atoms with Gasteiger partial charge in [0.2, 0.25) is 0 Å². The van der Waals surface area contributed by atoms with Gasteiger partial charge in [0.25, 0.3) is 0 Å². The Morgan fingerprint density at radius 3 is 2.48 bits per heavy atom. The van der Waals surface area contributed by atoms with Gasteiger partial charge in [-0.2, -0.15) is 0 Å². The zero-order valence-corrected chi connectivity index (χ0v) is 16.6. The summed E-state index contributed by atoms with van der Waals surface area (Å²) >= 11 is 0. The fourth-order valence-corrected chi connectivity index (χ4v) is 8.71. The standard InChI is InChI=1S/C23H40/c1-7-19-9-8-10-22(19)18(5)23(22)14-21(23,6)13-15(2)11-16(3)20-12-17(20)4/h15-20H,7-14H2,1-6H3. The van der Waals surface area contributed by atoms with Crippen LogP contribution in [0.25, 0.3) is 0 Å². The average molecular weight is 317 g/mol. The molecular weight excluding hydrogens is 276 g/mol. The van der Waals surface area contributed by atoms with Gasteiger partial charge in [-0.3, -0.25) is 0 Å². The van der Waals surface area contributed by atoms with Crippen molar-refractivity contribution in [3.05, 3.63) is 0 Å². The van der Waals surface area contributed by atoms with Crippen LogP contribution in [-0.4, -0.2) is 0 Å². The Hall–Kier alpha value is 0. The molecule has 0 N–H and O–H groups in total. The van der Waals surface area contributed by atoms with E-state index in [0.29, 0.717) is 5.41 Å². The van der Waals surface area contributed by atoms with Crippen LogP contribution in [0, 0.1) is 51.8 Å². The zero-order valence-electron chi connectivity index (χ0n) is 16.6. The molecule has 0 aromatic heterocycles. The SMILES string of the molecule is CCC1CCCC12C(C)C21CC1(C)CC(C)CC(C)C1CC1C. The molecule has 0 heterocycles. The van der Waals surface area contributed by atoms with E-state index >= 15 is 0 Å². The summed E-state index contributed by atoms with van der Waals surface area (Å²) in [4.78, 5) is 0. The number of hydrogen-bond donors (Lipinski definition) is 0. The fraction of sp³-hybridized carbons (Fsp3) is 1.00. The van der Waals surface area contributed by atoms with Crippen LogP contribution in [0.15, 0.2) is 0 Å². The maximum Gasteiger partial charge on any atom is -0.0145 e. The molecule has 9 atom stereocenters. The van der Waals surface area contributed by atoms with E-state index in [1.54, 1.807) is 12.8 Å². The fourth-order valence-electron chi connectivity index (χ4n) is 8.71. The van der Waals surface area contributed by atoms with Gasteiger partial charge in [0.15, 0.2) is 0 Å². The highest BCUT2D eigenvalue weighted by Gasteiger charge is 2.90. The first-order valence-corrected chi connectivity index (χ1v) is 10.8. The Bertz CT molecular complexity index is 480. The molecule has 9 unspecified atom stereocenters. The Kier molecular flexibility index (Phi) is 3.59. The Labute approximate surface area is 145 Å². The summed E-state index contributed by atoms with van der Waals surface area (Å²) in [5.41, 5.74) is 2.26. The summed E-state index contributed by atoms with van der Waals surface area (Å²) in [6, 6.07) is 0. The Morgan fingerprint density at radius 1 is 1.17 bits per heavy atom. The minimum atomic E-state index is 0.693. The van der Waals surface area contributed by atoms with E-state index in [1.165, 1.54) is 38.5 Å². The van der Waals surface area contributed by atoms with Crippen molar-refractivity contribution in [1.82, 2.24) is 0 Å². The van der Waals surface area contributed by atoms with Crippen LogP contribution >= 0.6 is 0 Å². The predicted molar refractivity (Wildman–Crippen MR) is 99.2 cm³/mol. The third-order valence-corrected chi connectivity index (χ3v) is 9.72. The number of hydrogen-bond acceptors (Lipinski definition) is 0. The molecule has 132 valence electrons. The summed E-state index contributed by atoms with van der Waals surface area (Å²) < 4.78 is 0. The van der Waals surface area contributed by atoms with E-state index in [2.05, 4.69) is 41.5 Å². The molecule has 0 radical (unpaired) electrons. The van der Waals surface area contributed by atoms with Crippen molar-refractivity contribution in [2.75, 3.05) is 0 Å². The quantitative estimate of drug-likeness (QED) is 0.498. The van der Waals surface area contributed by atoms with Gasteiger partial charge >= 0.3 is 0 Å². The average Bonchev–Trinajstić information content (AvgIpc) is 3.37. The van der Waals surface area contributed by atoms with Crippen molar-refractivity contribution in [2.45, 2.75) is 92.9 Å². The molecule has 0 saturated heterocycles. The summed E-state index contributed by atoms with van der Waals surface area (Å²) in [6.07, 6.45) is 12.1. The topological polar surface area (TPSA) is 0 Å². The lowest BCUT2D eigenvalue weighted by atomic mass is 9.80. The minimum Gasteiger partial charge on any atom is -0.0651 e. The predicted octanol–water partition coefficient (Wildman–Crippen LogP) is 6.94. The van der Waals surface area contributed by atoms with Crippen LogP contribution in [0.2, 0.25) is 0 Å². The third kappa shape index (κ3) is 2.02. The van der Waals surface area contributed by atoms with Gasteiger partial charge in [-0.15, -0.1) is 0 Å². The van der Waals surface area contributed by atoms with Gasteiger partial charge in [0.1, 0.15) is 0 Å². The van der Waals surface area contributed by atoms with Gasteiger partial charge in [-0.1, -0.05) is 54.4 Å². The highest BCUT2D eigenvalue weighted by atomic mass is 14.9. The molecule has 23 heavy (non-hydrogen) atoms. The van der Waals surface area contributed by atoms with E-state index in [-0.39, 0.29) is 0 Å². The molecule has 0 aromatic rings. The van der Waals surface area contributed by atoms with E-state index in [0.717, 1.165) is 46.3 Å². The highest BCUT2D eigenvalue weighted by Crippen LogP contribution is 2.96. The molecule has 0 bridgehead atoms. The number of fused-ring (bicyclic) bond motifs is 1. The smallest absolute Gasteiger partial charge is 0.0145 e. The van der Waals surface area contributed by atoms with Crippen molar-refractivity contribution in [3.8, 4) is 0 Å². The van der Waals surface area contributed by atoms with Crippen molar-refractivity contribution < 1.29 is 0 Å². The second-order valence-electron chi connectivity index (χ2n) is 10.9. The summed E-state index contributed by atoms with van der Waals surface area (Å²) in [7, 11) is 0. The molecule has 0 amide bonds.